The highest BCUT2D eigenvalue weighted by Crippen LogP contribution is 2.35. The molecular formula is C9H13N3OS. The molecule has 4 nitrogen and oxygen atoms in total. The smallest absolute Gasteiger partial charge is 0.222 e. The first kappa shape index (κ1) is 9.61. The average Bonchev–Trinajstić information content (AvgIpc) is 2.71. The fourth-order valence-electron chi connectivity index (χ4n) is 1.97. The second-order valence-corrected chi connectivity index (χ2v) is 4.74. The van der Waals surface area contributed by atoms with Crippen LogP contribution < -0.4 is 11.1 Å². The highest BCUT2D eigenvalue weighted by Gasteiger charge is 2.45. The van der Waals surface area contributed by atoms with E-state index in [-0.39, 0.29) is 17.2 Å². The molecule has 2 rings (SSSR count). The lowest BCUT2D eigenvalue weighted by atomic mass is 9.80. The molecule has 0 saturated carbocycles. The van der Waals surface area contributed by atoms with Crippen molar-refractivity contribution in [2.75, 3.05) is 13.1 Å². The molecule has 1 saturated heterocycles. The molecule has 1 aliphatic rings. The van der Waals surface area contributed by atoms with Gasteiger partial charge in [0.05, 0.1) is 5.92 Å². The van der Waals surface area contributed by atoms with Gasteiger partial charge in [0.2, 0.25) is 5.91 Å². The van der Waals surface area contributed by atoms with Gasteiger partial charge in [-0.3, -0.25) is 4.79 Å². The third kappa shape index (κ3) is 1.33. The molecule has 1 aromatic heterocycles. The monoisotopic (exact) mass is 211 g/mol. The summed E-state index contributed by atoms with van der Waals surface area (Å²) >= 11 is 1.58. The Morgan fingerprint density at radius 3 is 3.21 bits per heavy atom. The number of hydrogen-bond donors (Lipinski definition) is 2. The molecule has 76 valence electrons. The van der Waals surface area contributed by atoms with E-state index in [1.54, 1.807) is 17.5 Å². The van der Waals surface area contributed by atoms with Gasteiger partial charge in [0.1, 0.15) is 5.01 Å². The first-order chi connectivity index (χ1) is 6.64. The highest BCUT2D eigenvalue weighted by molar-refractivity contribution is 7.09. The van der Waals surface area contributed by atoms with E-state index in [9.17, 15) is 4.79 Å². The summed E-state index contributed by atoms with van der Waals surface area (Å²) in [7, 11) is 0. The van der Waals surface area contributed by atoms with Gasteiger partial charge in [0.25, 0.3) is 0 Å². The summed E-state index contributed by atoms with van der Waals surface area (Å²) in [5.74, 6) is -0.388. The molecule has 5 heteroatoms. The van der Waals surface area contributed by atoms with Crippen molar-refractivity contribution >= 4 is 17.2 Å². The second kappa shape index (κ2) is 3.33. The van der Waals surface area contributed by atoms with E-state index in [1.807, 2.05) is 12.3 Å². The Morgan fingerprint density at radius 1 is 1.86 bits per heavy atom. The van der Waals surface area contributed by atoms with Crippen molar-refractivity contribution < 1.29 is 4.79 Å². The average molecular weight is 211 g/mol. The lowest BCUT2D eigenvalue weighted by molar-refractivity contribution is -0.122. The predicted molar refractivity (Wildman–Crippen MR) is 55.0 cm³/mol. The quantitative estimate of drug-likeness (QED) is 0.729. The summed E-state index contributed by atoms with van der Waals surface area (Å²) in [6, 6.07) is 0. The normalized spacial score (nSPS) is 31.9. The molecule has 0 aromatic carbocycles. The maximum Gasteiger partial charge on any atom is 0.222 e. The van der Waals surface area contributed by atoms with Gasteiger partial charge in [0.15, 0.2) is 0 Å². The Kier molecular flexibility index (Phi) is 2.28. The molecule has 14 heavy (non-hydrogen) atoms. The summed E-state index contributed by atoms with van der Waals surface area (Å²) in [5.41, 5.74) is 5.16. The topological polar surface area (TPSA) is 68.0 Å². The number of nitrogens with zero attached hydrogens (tertiary/aromatic N) is 1. The lowest BCUT2D eigenvalue weighted by Crippen LogP contribution is -2.39. The van der Waals surface area contributed by atoms with Crippen molar-refractivity contribution in [3.8, 4) is 0 Å². The van der Waals surface area contributed by atoms with E-state index in [1.165, 1.54) is 0 Å². The Morgan fingerprint density at radius 2 is 2.64 bits per heavy atom. The number of carbonyl (C=O) groups excluding carboxylic acids is 1. The SMILES string of the molecule is CC1(c2nccs2)CNCC1C(N)=O. The minimum Gasteiger partial charge on any atom is -0.369 e. The van der Waals surface area contributed by atoms with Crippen LogP contribution in [0.4, 0.5) is 0 Å². The molecule has 2 heterocycles. The molecule has 0 aliphatic carbocycles. The van der Waals surface area contributed by atoms with Gasteiger partial charge in [-0.2, -0.15) is 0 Å². The summed E-state index contributed by atoms with van der Waals surface area (Å²) < 4.78 is 0. The Balaban J connectivity index is 2.35. The highest BCUT2D eigenvalue weighted by atomic mass is 32.1. The van der Waals surface area contributed by atoms with Crippen LogP contribution in [0.3, 0.4) is 0 Å². The van der Waals surface area contributed by atoms with Crippen molar-refractivity contribution in [1.82, 2.24) is 10.3 Å². The van der Waals surface area contributed by atoms with E-state index in [0.717, 1.165) is 11.6 Å². The molecule has 2 atom stereocenters. The van der Waals surface area contributed by atoms with Crippen LogP contribution in [0.2, 0.25) is 0 Å². The molecule has 1 aliphatic heterocycles. The van der Waals surface area contributed by atoms with Gasteiger partial charge >= 0.3 is 0 Å². The van der Waals surface area contributed by atoms with Crippen LogP contribution >= 0.6 is 11.3 Å². The van der Waals surface area contributed by atoms with Crippen molar-refractivity contribution in [2.45, 2.75) is 12.3 Å². The van der Waals surface area contributed by atoms with Gasteiger partial charge in [-0.25, -0.2) is 4.98 Å². The van der Waals surface area contributed by atoms with Gasteiger partial charge < -0.3 is 11.1 Å². The molecule has 1 fully saturated rings. The molecule has 0 spiro atoms. The van der Waals surface area contributed by atoms with Gasteiger partial charge in [-0.05, 0) is 0 Å². The third-order valence-electron chi connectivity index (χ3n) is 2.87. The van der Waals surface area contributed by atoms with Gasteiger partial charge in [-0.1, -0.05) is 6.92 Å². The van der Waals surface area contributed by atoms with Crippen LogP contribution in [0.25, 0.3) is 0 Å². The van der Waals surface area contributed by atoms with Gasteiger partial charge in [-0.15, -0.1) is 11.3 Å². The van der Waals surface area contributed by atoms with Crippen LogP contribution in [0.15, 0.2) is 11.6 Å². The zero-order valence-electron chi connectivity index (χ0n) is 7.99. The van der Waals surface area contributed by atoms with Crippen molar-refractivity contribution in [2.24, 2.45) is 11.7 Å². The maximum absolute atomic E-state index is 11.3. The summed E-state index contributed by atoms with van der Waals surface area (Å²) in [5, 5.41) is 6.12. The van der Waals surface area contributed by atoms with Crippen LogP contribution in [0.5, 0.6) is 0 Å². The third-order valence-corrected chi connectivity index (χ3v) is 3.93. The summed E-state index contributed by atoms with van der Waals surface area (Å²) in [6.45, 7) is 3.47. The Bertz CT molecular complexity index is 338. The molecule has 0 radical (unpaired) electrons. The first-order valence-corrected chi connectivity index (χ1v) is 5.42. The fourth-order valence-corrected chi connectivity index (χ4v) is 2.83. The van der Waals surface area contributed by atoms with Crippen LogP contribution in [-0.4, -0.2) is 24.0 Å². The number of rotatable bonds is 2. The van der Waals surface area contributed by atoms with E-state index >= 15 is 0 Å². The largest absolute Gasteiger partial charge is 0.369 e. The van der Waals surface area contributed by atoms with Crippen LogP contribution in [0, 0.1) is 5.92 Å². The van der Waals surface area contributed by atoms with Gasteiger partial charge in [0, 0.05) is 30.1 Å². The lowest BCUT2D eigenvalue weighted by Gasteiger charge is -2.25. The Hall–Kier alpha value is -0.940. The van der Waals surface area contributed by atoms with Crippen molar-refractivity contribution in [3.05, 3.63) is 16.6 Å². The number of hydrogen-bond acceptors (Lipinski definition) is 4. The number of carbonyl (C=O) groups is 1. The number of thiazole rings is 1. The number of nitrogens with two attached hydrogens (primary N) is 1. The molecule has 1 amide bonds. The van der Waals surface area contributed by atoms with E-state index in [2.05, 4.69) is 10.3 Å². The minimum absolute atomic E-state index is 0.145. The van der Waals surface area contributed by atoms with Crippen LogP contribution in [0.1, 0.15) is 11.9 Å². The zero-order chi connectivity index (χ0) is 10.2. The van der Waals surface area contributed by atoms with E-state index < -0.39 is 0 Å². The standard InChI is InChI=1S/C9H13N3OS/c1-9(8-12-2-3-14-8)5-11-4-6(9)7(10)13/h2-3,6,11H,4-5H2,1H3,(H2,10,13). The maximum atomic E-state index is 11.3. The second-order valence-electron chi connectivity index (χ2n) is 3.84. The molecular weight excluding hydrogens is 198 g/mol. The van der Waals surface area contributed by atoms with Crippen LogP contribution in [-0.2, 0) is 10.2 Å². The first-order valence-electron chi connectivity index (χ1n) is 4.54. The van der Waals surface area contributed by atoms with E-state index in [0.29, 0.717) is 6.54 Å². The summed E-state index contributed by atoms with van der Waals surface area (Å²) in [4.78, 5) is 15.5. The zero-order valence-corrected chi connectivity index (χ0v) is 8.80. The Labute approximate surface area is 86.5 Å². The fraction of sp³-hybridized carbons (Fsp3) is 0.556. The van der Waals surface area contributed by atoms with E-state index in [4.69, 9.17) is 5.73 Å². The minimum atomic E-state index is -0.243. The number of amides is 1. The predicted octanol–water partition coefficient (Wildman–Crippen LogP) is 0.105. The summed E-state index contributed by atoms with van der Waals surface area (Å²) in [6.07, 6.45) is 1.77. The molecule has 2 unspecified atom stereocenters. The van der Waals surface area contributed by atoms with Crippen molar-refractivity contribution in [1.29, 1.82) is 0 Å². The molecule has 1 aromatic rings. The van der Waals surface area contributed by atoms with Crippen molar-refractivity contribution in [3.63, 3.8) is 0 Å². The number of aromatic nitrogens is 1. The molecule has 0 bridgehead atoms. The molecule has 3 N–H and O–H groups in total. The number of primary amides is 1. The number of nitrogens with one attached hydrogen (secondary N) is 1.